The molecule has 0 unspecified atom stereocenters. The van der Waals surface area contributed by atoms with Crippen LogP contribution in [0.1, 0.15) is 0 Å². The average Bonchev–Trinajstić information content (AvgIpc) is 2.02. The lowest BCUT2D eigenvalue weighted by Gasteiger charge is -1.98. The second kappa shape index (κ2) is 3.05. The fourth-order valence-corrected chi connectivity index (χ4v) is 1.64. The Morgan fingerprint density at radius 2 is 1.92 bits per heavy atom. The van der Waals surface area contributed by atoms with Crippen molar-refractivity contribution in [3.63, 3.8) is 0 Å². The molecule has 2 rings (SSSR count). The quantitative estimate of drug-likeness (QED) is 0.632. The minimum Gasteiger partial charge on any atom is -0.423 e. The van der Waals surface area contributed by atoms with Crippen LogP contribution in [0.3, 0.4) is 0 Å². The van der Waals surface area contributed by atoms with E-state index >= 15 is 0 Å². The van der Waals surface area contributed by atoms with Gasteiger partial charge in [-0.3, -0.25) is 0 Å². The lowest BCUT2D eigenvalue weighted by molar-refractivity contribution is 0.561. The molecule has 0 aliphatic rings. The highest BCUT2D eigenvalue weighted by atomic mass is 35.5. The maximum absolute atomic E-state index is 10.9. The van der Waals surface area contributed by atoms with E-state index in [9.17, 15) is 4.79 Å². The van der Waals surface area contributed by atoms with Crippen molar-refractivity contribution in [2.75, 3.05) is 0 Å². The van der Waals surface area contributed by atoms with Crippen LogP contribution in [-0.4, -0.2) is 0 Å². The molecule has 0 saturated carbocycles. The molecule has 0 aliphatic carbocycles. The summed E-state index contributed by atoms with van der Waals surface area (Å²) in [5.41, 5.74) is -0.00386. The molecule has 66 valence electrons. The first-order valence-electron chi connectivity index (χ1n) is 3.56. The largest absolute Gasteiger partial charge is 0.423 e. The van der Waals surface area contributed by atoms with E-state index in [2.05, 4.69) is 0 Å². The maximum Gasteiger partial charge on any atom is 0.336 e. The average molecular weight is 215 g/mol. The number of rotatable bonds is 0. The fraction of sp³-hybridized carbons (Fsp3) is 0. The summed E-state index contributed by atoms with van der Waals surface area (Å²) in [5.74, 6) is 0. The Labute approximate surface area is 83.7 Å². The first kappa shape index (κ1) is 8.60. The molecule has 0 saturated heterocycles. The van der Waals surface area contributed by atoms with Gasteiger partial charge in [0.25, 0.3) is 0 Å². The van der Waals surface area contributed by atoms with Crippen molar-refractivity contribution in [1.29, 1.82) is 0 Å². The molecule has 0 bridgehead atoms. The van der Waals surface area contributed by atoms with Crippen LogP contribution >= 0.6 is 23.2 Å². The lowest BCUT2D eigenvalue weighted by Crippen LogP contribution is -1.94. The molecule has 2 aromatic rings. The van der Waals surface area contributed by atoms with Gasteiger partial charge in [0.2, 0.25) is 0 Å². The predicted octanol–water partition coefficient (Wildman–Crippen LogP) is 3.10. The van der Waals surface area contributed by atoms with E-state index in [-0.39, 0.29) is 0 Å². The van der Waals surface area contributed by atoms with E-state index in [0.29, 0.717) is 21.0 Å². The standard InChI is InChI=1S/C9H4Cl2O2/c10-5-3-7(11)6-1-2-9(12)13-8(6)4-5/h1-4H. The van der Waals surface area contributed by atoms with Crippen LogP contribution in [0.25, 0.3) is 11.0 Å². The smallest absolute Gasteiger partial charge is 0.336 e. The summed E-state index contributed by atoms with van der Waals surface area (Å²) < 4.78 is 4.90. The van der Waals surface area contributed by atoms with Crippen LogP contribution < -0.4 is 5.63 Å². The molecule has 0 atom stereocenters. The third kappa shape index (κ3) is 1.55. The van der Waals surface area contributed by atoms with Crippen molar-refractivity contribution in [2.45, 2.75) is 0 Å². The topological polar surface area (TPSA) is 30.2 Å². The van der Waals surface area contributed by atoms with Crippen LogP contribution in [0.5, 0.6) is 0 Å². The van der Waals surface area contributed by atoms with Gasteiger partial charge in [-0.05, 0) is 12.1 Å². The normalized spacial score (nSPS) is 10.6. The van der Waals surface area contributed by atoms with E-state index < -0.39 is 5.63 Å². The predicted molar refractivity (Wildman–Crippen MR) is 52.5 cm³/mol. The van der Waals surface area contributed by atoms with E-state index in [1.165, 1.54) is 6.07 Å². The van der Waals surface area contributed by atoms with Crippen molar-refractivity contribution in [3.05, 3.63) is 44.7 Å². The van der Waals surface area contributed by atoms with Crippen LogP contribution in [0.4, 0.5) is 0 Å². The first-order valence-corrected chi connectivity index (χ1v) is 4.31. The van der Waals surface area contributed by atoms with Crippen molar-refractivity contribution in [1.82, 2.24) is 0 Å². The van der Waals surface area contributed by atoms with Gasteiger partial charge in [0.05, 0.1) is 5.02 Å². The summed E-state index contributed by atoms with van der Waals surface area (Å²) in [6.07, 6.45) is 0. The molecule has 4 heteroatoms. The molecule has 13 heavy (non-hydrogen) atoms. The monoisotopic (exact) mass is 214 g/mol. The van der Waals surface area contributed by atoms with Gasteiger partial charge in [0.1, 0.15) is 5.58 Å². The van der Waals surface area contributed by atoms with Gasteiger partial charge in [0, 0.05) is 22.5 Å². The second-order valence-electron chi connectivity index (χ2n) is 2.55. The molecule has 0 amide bonds. The summed E-state index contributed by atoms with van der Waals surface area (Å²) in [7, 11) is 0. The van der Waals surface area contributed by atoms with Crippen molar-refractivity contribution in [3.8, 4) is 0 Å². The highest BCUT2D eigenvalue weighted by Gasteiger charge is 2.03. The molecule has 0 fully saturated rings. The van der Waals surface area contributed by atoms with Crippen LogP contribution in [0.15, 0.2) is 33.5 Å². The van der Waals surface area contributed by atoms with Gasteiger partial charge in [-0.2, -0.15) is 0 Å². The highest BCUT2D eigenvalue weighted by molar-refractivity contribution is 6.38. The maximum atomic E-state index is 10.9. The Balaban J connectivity index is 2.94. The Morgan fingerprint density at radius 1 is 1.15 bits per heavy atom. The van der Waals surface area contributed by atoms with E-state index in [1.807, 2.05) is 0 Å². The lowest BCUT2D eigenvalue weighted by atomic mass is 10.2. The molecule has 0 radical (unpaired) electrons. The Morgan fingerprint density at radius 3 is 2.69 bits per heavy atom. The zero-order valence-corrected chi connectivity index (χ0v) is 7.89. The van der Waals surface area contributed by atoms with Gasteiger partial charge in [-0.25, -0.2) is 4.79 Å². The molecule has 0 aliphatic heterocycles. The minimum absolute atomic E-state index is 0.407. The molecule has 2 nitrogen and oxygen atoms in total. The number of benzene rings is 1. The molecule has 1 aromatic heterocycles. The third-order valence-corrected chi connectivity index (χ3v) is 2.18. The third-order valence-electron chi connectivity index (χ3n) is 1.65. The molecular weight excluding hydrogens is 211 g/mol. The zero-order valence-electron chi connectivity index (χ0n) is 6.38. The Hall–Kier alpha value is -0.990. The molecule has 0 spiro atoms. The minimum atomic E-state index is -0.411. The van der Waals surface area contributed by atoms with Crippen LogP contribution in [0, 0.1) is 0 Å². The zero-order chi connectivity index (χ0) is 9.42. The van der Waals surface area contributed by atoms with Crippen molar-refractivity contribution < 1.29 is 4.42 Å². The number of hydrogen-bond donors (Lipinski definition) is 0. The summed E-state index contributed by atoms with van der Waals surface area (Å²) in [5, 5.41) is 1.61. The van der Waals surface area contributed by atoms with E-state index in [0.717, 1.165) is 0 Å². The Kier molecular flexibility index (Phi) is 2.02. The second-order valence-corrected chi connectivity index (χ2v) is 3.40. The molecule has 1 heterocycles. The summed E-state index contributed by atoms with van der Waals surface area (Å²) in [4.78, 5) is 10.9. The van der Waals surface area contributed by atoms with Gasteiger partial charge < -0.3 is 4.42 Å². The van der Waals surface area contributed by atoms with Gasteiger partial charge >= 0.3 is 5.63 Å². The number of halogens is 2. The highest BCUT2D eigenvalue weighted by Crippen LogP contribution is 2.26. The molecular formula is C9H4Cl2O2. The fourth-order valence-electron chi connectivity index (χ4n) is 1.10. The van der Waals surface area contributed by atoms with Gasteiger partial charge in [-0.15, -0.1) is 0 Å². The number of fused-ring (bicyclic) bond motifs is 1. The van der Waals surface area contributed by atoms with Gasteiger partial charge in [0.15, 0.2) is 0 Å². The van der Waals surface area contributed by atoms with Crippen molar-refractivity contribution in [2.24, 2.45) is 0 Å². The molecule has 1 aromatic carbocycles. The van der Waals surface area contributed by atoms with Crippen LogP contribution in [-0.2, 0) is 0 Å². The van der Waals surface area contributed by atoms with E-state index in [4.69, 9.17) is 27.6 Å². The summed E-state index contributed by atoms with van der Waals surface area (Å²) in [6.45, 7) is 0. The van der Waals surface area contributed by atoms with Crippen molar-refractivity contribution >= 4 is 34.2 Å². The van der Waals surface area contributed by atoms with Gasteiger partial charge in [-0.1, -0.05) is 23.2 Å². The first-order chi connectivity index (χ1) is 6.16. The Bertz CT molecular complexity index is 516. The summed E-state index contributed by atoms with van der Waals surface area (Å²) in [6, 6.07) is 6.09. The van der Waals surface area contributed by atoms with E-state index in [1.54, 1.807) is 18.2 Å². The SMILES string of the molecule is O=c1ccc2c(Cl)cc(Cl)cc2o1. The number of hydrogen-bond acceptors (Lipinski definition) is 2. The molecule has 0 N–H and O–H groups in total. The summed E-state index contributed by atoms with van der Waals surface area (Å²) >= 11 is 11.6. The van der Waals surface area contributed by atoms with Crippen LogP contribution in [0.2, 0.25) is 10.0 Å².